The van der Waals surface area contributed by atoms with Crippen LogP contribution in [0.1, 0.15) is 5.56 Å². The summed E-state index contributed by atoms with van der Waals surface area (Å²) < 4.78 is 4.81. The highest BCUT2D eigenvalue weighted by molar-refractivity contribution is 5.83. The van der Waals surface area contributed by atoms with Crippen molar-refractivity contribution in [3.05, 3.63) is 78.9 Å². The molecule has 0 N–H and O–H groups in total. The van der Waals surface area contributed by atoms with Crippen LogP contribution < -0.4 is 4.74 Å². The van der Waals surface area contributed by atoms with Crippen LogP contribution in [-0.2, 0) is 4.79 Å². The molecule has 0 atom stereocenters. The minimum absolute atomic E-state index is 0.259. The first kappa shape index (κ1) is 14.2. The Hall–Kier alpha value is -2.86. The zero-order valence-electron chi connectivity index (χ0n) is 10.2. The number of benzene rings is 2. The van der Waals surface area contributed by atoms with Gasteiger partial charge in [-0.15, -0.1) is 0 Å². The van der Waals surface area contributed by atoms with E-state index < -0.39 is 5.97 Å². The van der Waals surface area contributed by atoms with E-state index >= 15 is 0 Å². The monoisotopic (exact) mass is 250 g/mol. The van der Waals surface area contributed by atoms with Crippen LogP contribution in [0.5, 0.6) is 5.75 Å². The van der Waals surface area contributed by atoms with Crippen molar-refractivity contribution in [2.24, 2.45) is 0 Å². The highest BCUT2D eigenvalue weighted by Gasteiger charge is 2.04. The molecule has 0 saturated heterocycles. The molecule has 0 unspecified atom stereocenters. The Morgan fingerprint density at radius 3 is 2.37 bits per heavy atom. The van der Waals surface area contributed by atoms with Crippen LogP contribution >= 0.6 is 0 Å². The van der Waals surface area contributed by atoms with Crippen molar-refractivity contribution in [3.63, 3.8) is 0 Å². The zero-order valence-corrected chi connectivity index (χ0v) is 10.2. The smallest absolute Gasteiger partial charge is 0.335 e. The molecule has 2 aromatic carbocycles. The molecule has 0 fully saturated rings. The summed E-state index contributed by atoms with van der Waals surface area (Å²) in [6.07, 6.45) is 1.05. The van der Waals surface area contributed by atoms with Gasteiger partial charge in [0.2, 0.25) is 0 Å². The van der Waals surface area contributed by atoms with E-state index in [1.807, 2.05) is 36.4 Å². The summed E-state index contributed by atoms with van der Waals surface area (Å²) in [4.78, 5) is 10.8. The van der Waals surface area contributed by atoms with Crippen LogP contribution in [0, 0.1) is 17.4 Å². The van der Waals surface area contributed by atoms with Gasteiger partial charge in [-0.05, 0) is 18.2 Å². The molecule has 3 nitrogen and oxygen atoms in total. The molecule has 0 aromatic heterocycles. The first-order valence-electron chi connectivity index (χ1n) is 5.52. The van der Waals surface area contributed by atoms with Crippen molar-refractivity contribution < 1.29 is 9.53 Å². The summed E-state index contributed by atoms with van der Waals surface area (Å²) in [5, 5.41) is 8.64. The predicted molar refractivity (Wildman–Crippen MR) is 72.3 cm³/mol. The maximum Gasteiger partial charge on any atom is 0.335 e. The number of hydrogen-bond acceptors (Lipinski definition) is 3. The van der Waals surface area contributed by atoms with E-state index in [1.54, 1.807) is 24.3 Å². The van der Waals surface area contributed by atoms with E-state index in [2.05, 4.69) is 12.6 Å². The Balaban J connectivity index is 0.000000250. The molecule has 3 heteroatoms. The normalized spacial score (nSPS) is 8.37. The molecule has 93 valence electrons. The van der Waals surface area contributed by atoms with Gasteiger partial charge in [0, 0.05) is 6.08 Å². The average molecular weight is 250 g/mol. The van der Waals surface area contributed by atoms with Crippen LogP contribution in [0.25, 0.3) is 0 Å². The third kappa shape index (κ3) is 5.33. The van der Waals surface area contributed by atoms with Crippen molar-refractivity contribution in [2.45, 2.75) is 0 Å². The Morgan fingerprint density at radius 1 is 1.21 bits per heavy atom. The van der Waals surface area contributed by atoms with E-state index in [9.17, 15) is 4.79 Å². The first-order valence-corrected chi connectivity index (χ1v) is 5.52. The van der Waals surface area contributed by atoms with Gasteiger partial charge in [-0.3, -0.25) is 0 Å². The molecule has 19 heavy (non-hydrogen) atoms. The van der Waals surface area contributed by atoms with Crippen molar-refractivity contribution in [2.75, 3.05) is 0 Å². The molecular weight excluding hydrogens is 238 g/mol. The van der Waals surface area contributed by atoms with Gasteiger partial charge in [0.1, 0.15) is 11.8 Å². The molecule has 2 aromatic rings. The van der Waals surface area contributed by atoms with E-state index in [0.717, 1.165) is 6.08 Å². The quantitative estimate of drug-likeness (QED) is 0.467. The number of esters is 1. The number of nitrogens with zero attached hydrogens (tertiary/aromatic N) is 1. The highest BCUT2D eigenvalue weighted by Crippen LogP contribution is 2.16. The Kier molecular flexibility index (Phi) is 6.18. The molecule has 0 bridgehead atoms. The van der Waals surface area contributed by atoms with Crippen molar-refractivity contribution in [3.8, 4) is 11.8 Å². The number of hydrogen-bond donors (Lipinski definition) is 0. The summed E-state index contributed by atoms with van der Waals surface area (Å²) in [5.74, 6) is -0.308. The molecule has 0 spiro atoms. The van der Waals surface area contributed by atoms with Gasteiger partial charge in [-0.2, -0.15) is 5.26 Å². The van der Waals surface area contributed by atoms with Gasteiger partial charge in [0.15, 0.2) is 0 Å². The Morgan fingerprint density at radius 2 is 1.89 bits per heavy atom. The van der Waals surface area contributed by atoms with E-state index in [-0.39, 0.29) is 5.75 Å². The van der Waals surface area contributed by atoms with Gasteiger partial charge in [-0.1, -0.05) is 49.0 Å². The number of carbonyl (C=O) groups is 1. The SMILES string of the molecule is C=CC(=O)Oc1ccccc1C#N.[c]1ccccc1. The predicted octanol–water partition coefficient (Wildman–Crippen LogP) is 3.14. The molecule has 1 radical (unpaired) electrons. The maximum atomic E-state index is 10.8. The molecule has 0 aliphatic rings. The maximum absolute atomic E-state index is 10.8. The fraction of sp³-hybridized carbons (Fsp3) is 0. The second-order valence-corrected chi connectivity index (χ2v) is 3.31. The summed E-state index contributed by atoms with van der Waals surface area (Å²) in [6, 6.07) is 20.9. The fourth-order valence-electron chi connectivity index (χ4n) is 1.14. The molecule has 0 amide bonds. The summed E-state index contributed by atoms with van der Waals surface area (Å²) >= 11 is 0. The third-order valence-corrected chi connectivity index (χ3v) is 1.99. The Labute approximate surface area is 112 Å². The second kappa shape index (κ2) is 8.26. The van der Waals surface area contributed by atoms with Crippen LogP contribution in [-0.4, -0.2) is 5.97 Å². The largest absolute Gasteiger partial charge is 0.422 e. The molecule has 0 aliphatic carbocycles. The van der Waals surface area contributed by atoms with Gasteiger partial charge < -0.3 is 4.74 Å². The molecule has 2 rings (SSSR count). The minimum atomic E-state index is -0.567. The number of carbonyl (C=O) groups excluding carboxylic acids is 1. The van der Waals surface area contributed by atoms with Crippen molar-refractivity contribution in [1.82, 2.24) is 0 Å². The van der Waals surface area contributed by atoms with Crippen molar-refractivity contribution >= 4 is 5.97 Å². The summed E-state index contributed by atoms with van der Waals surface area (Å²) in [6.45, 7) is 3.25. The van der Waals surface area contributed by atoms with Gasteiger partial charge in [-0.25, -0.2) is 4.79 Å². The number of ether oxygens (including phenoxy) is 1. The minimum Gasteiger partial charge on any atom is -0.422 e. The van der Waals surface area contributed by atoms with Crippen LogP contribution in [0.3, 0.4) is 0 Å². The second-order valence-electron chi connectivity index (χ2n) is 3.31. The van der Waals surface area contributed by atoms with Gasteiger partial charge in [0.05, 0.1) is 5.56 Å². The van der Waals surface area contributed by atoms with Crippen molar-refractivity contribution in [1.29, 1.82) is 5.26 Å². The Bertz CT molecular complexity index is 544. The van der Waals surface area contributed by atoms with Crippen LogP contribution in [0.4, 0.5) is 0 Å². The molecule has 0 heterocycles. The van der Waals surface area contributed by atoms with Crippen LogP contribution in [0.15, 0.2) is 67.3 Å². The third-order valence-electron chi connectivity index (χ3n) is 1.99. The molecular formula is C16H12NO2. The lowest BCUT2D eigenvalue weighted by atomic mass is 10.2. The number of rotatable bonds is 2. The highest BCUT2D eigenvalue weighted by atomic mass is 16.5. The molecule has 0 aliphatic heterocycles. The summed E-state index contributed by atoms with van der Waals surface area (Å²) in [5.41, 5.74) is 0.331. The topological polar surface area (TPSA) is 50.1 Å². The molecule has 0 saturated carbocycles. The van der Waals surface area contributed by atoms with Gasteiger partial charge >= 0.3 is 5.97 Å². The average Bonchev–Trinajstić information content (AvgIpc) is 2.50. The van der Waals surface area contributed by atoms with E-state index in [1.165, 1.54) is 0 Å². The van der Waals surface area contributed by atoms with Gasteiger partial charge in [0.25, 0.3) is 0 Å². The van der Waals surface area contributed by atoms with E-state index in [0.29, 0.717) is 5.56 Å². The van der Waals surface area contributed by atoms with Crippen LogP contribution in [0.2, 0.25) is 0 Å². The zero-order chi connectivity index (χ0) is 13.9. The number of nitriles is 1. The standard InChI is InChI=1S/C10H7NO2.C6H5/c1-2-10(12)13-9-6-4-3-5-8(9)7-11;1-2-4-6-5-3-1/h2-6H,1H2;1-5H. The lowest BCUT2D eigenvalue weighted by molar-refractivity contribution is -0.128. The first-order chi connectivity index (χ1) is 9.27. The lowest BCUT2D eigenvalue weighted by Crippen LogP contribution is -2.04. The lowest BCUT2D eigenvalue weighted by Gasteiger charge is -2.01. The van der Waals surface area contributed by atoms with E-state index in [4.69, 9.17) is 10.00 Å². The number of para-hydroxylation sites is 1. The fourth-order valence-corrected chi connectivity index (χ4v) is 1.14. The summed E-state index contributed by atoms with van der Waals surface area (Å²) in [7, 11) is 0.